The third-order valence-corrected chi connectivity index (χ3v) is 5.87. The molecule has 0 radical (unpaired) electrons. The second kappa shape index (κ2) is 13.5. The highest BCUT2D eigenvalue weighted by Crippen LogP contribution is 2.19. The van der Waals surface area contributed by atoms with Crippen molar-refractivity contribution < 1.29 is 14.0 Å². The Morgan fingerprint density at radius 3 is 2.79 bits per heavy atom. The molecule has 202 valence electrons. The van der Waals surface area contributed by atoms with Crippen LogP contribution in [0.25, 0.3) is 11.3 Å². The predicted octanol–water partition coefficient (Wildman–Crippen LogP) is 3.41. The van der Waals surface area contributed by atoms with Crippen molar-refractivity contribution in [2.75, 3.05) is 44.8 Å². The van der Waals surface area contributed by atoms with Crippen molar-refractivity contribution in [2.45, 2.75) is 26.3 Å². The highest BCUT2D eigenvalue weighted by molar-refractivity contribution is 5.89. The Morgan fingerprint density at radius 2 is 2.05 bits per heavy atom. The van der Waals surface area contributed by atoms with Crippen LogP contribution in [0.4, 0.5) is 5.82 Å². The number of ether oxygens (including phenoxy) is 2. The van der Waals surface area contributed by atoms with E-state index in [4.69, 9.17) is 19.7 Å². The summed E-state index contributed by atoms with van der Waals surface area (Å²) in [5, 5.41) is 17.6. The highest BCUT2D eigenvalue weighted by atomic mass is 16.5. The second-order valence-electron chi connectivity index (χ2n) is 9.19. The van der Waals surface area contributed by atoms with Gasteiger partial charge in [0.25, 0.3) is 0 Å². The molecule has 11 nitrogen and oxygen atoms in total. The summed E-state index contributed by atoms with van der Waals surface area (Å²) in [6, 6.07) is 13.7. The van der Waals surface area contributed by atoms with Crippen molar-refractivity contribution >= 4 is 11.7 Å². The van der Waals surface area contributed by atoms with Gasteiger partial charge in [-0.2, -0.15) is 10.1 Å². The van der Waals surface area contributed by atoms with E-state index in [0.717, 1.165) is 49.8 Å². The fraction of sp³-hybridized carbons (Fsp3) is 0.370. The molecular formula is C27H36N8O3. The summed E-state index contributed by atoms with van der Waals surface area (Å²) in [5.74, 6) is 2.66. The van der Waals surface area contributed by atoms with Crippen molar-refractivity contribution in [1.82, 2.24) is 25.6 Å². The van der Waals surface area contributed by atoms with Crippen molar-refractivity contribution in [3.63, 3.8) is 0 Å². The lowest BCUT2D eigenvalue weighted by Crippen LogP contribution is -2.38. The molecule has 0 amide bonds. The van der Waals surface area contributed by atoms with E-state index < -0.39 is 0 Å². The molecule has 11 heteroatoms. The first-order valence-electron chi connectivity index (χ1n) is 12.7. The van der Waals surface area contributed by atoms with Crippen molar-refractivity contribution in [1.29, 1.82) is 0 Å². The zero-order valence-corrected chi connectivity index (χ0v) is 21.9. The van der Waals surface area contributed by atoms with E-state index in [1.54, 1.807) is 6.08 Å². The number of H-pyrrole nitrogens is 1. The van der Waals surface area contributed by atoms with Gasteiger partial charge in [0, 0.05) is 49.1 Å². The van der Waals surface area contributed by atoms with E-state index in [1.807, 2.05) is 42.5 Å². The van der Waals surface area contributed by atoms with E-state index in [1.165, 1.54) is 0 Å². The molecule has 0 spiro atoms. The lowest BCUT2D eigenvalue weighted by molar-refractivity contribution is 0.0316. The van der Waals surface area contributed by atoms with Crippen LogP contribution < -0.4 is 16.4 Å². The third-order valence-electron chi connectivity index (χ3n) is 5.87. The van der Waals surface area contributed by atoms with Crippen LogP contribution in [-0.4, -0.2) is 65.6 Å². The molecule has 3 heterocycles. The van der Waals surface area contributed by atoms with Gasteiger partial charge in [0.05, 0.1) is 19.8 Å². The minimum absolute atomic E-state index is 0.322. The number of aromatic nitrogens is 3. The van der Waals surface area contributed by atoms with Gasteiger partial charge in [-0.05, 0) is 5.92 Å². The Bertz CT molecular complexity index is 1230. The van der Waals surface area contributed by atoms with Crippen molar-refractivity contribution in [2.24, 2.45) is 10.7 Å². The van der Waals surface area contributed by atoms with E-state index in [-0.39, 0.29) is 0 Å². The summed E-state index contributed by atoms with van der Waals surface area (Å²) >= 11 is 0. The lowest BCUT2D eigenvalue weighted by Gasteiger charge is -2.26. The first-order chi connectivity index (χ1) is 18.5. The summed E-state index contributed by atoms with van der Waals surface area (Å²) in [6.07, 6.45) is 1.62. The van der Waals surface area contributed by atoms with Gasteiger partial charge in [0.1, 0.15) is 23.9 Å². The Hall–Kier alpha value is -4.09. The van der Waals surface area contributed by atoms with Crippen LogP contribution in [0.15, 0.2) is 76.3 Å². The third kappa shape index (κ3) is 8.22. The predicted molar refractivity (Wildman–Crippen MR) is 147 cm³/mol. The molecule has 0 atom stereocenters. The topological polar surface area (TPSA) is 139 Å². The van der Waals surface area contributed by atoms with Gasteiger partial charge in [-0.3, -0.25) is 10.00 Å². The van der Waals surface area contributed by atoms with E-state index >= 15 is 0 Å². The standard InChI is InChI=1S/C27H36N8O3/c1-19(2)23-16-26(33-32-23)31-25(28)17-27(37-14-11-35-9-12-36-13-10-35)30-20(3)29-18-22-15-24(34-38-22)21-7-5-4-6-8-21/h4-8,15-17,19,29H,3,9-14,18,28H2,1-2H3,(H2,31,32,33)/b25-17+,30-27+. The Morgan fingerprint density at radius 1 is 1.26 bits per heavy atom. The van der Waals surface area contributed by atoms with Crippen LogP contribution in [0, 0.1) is 0 Å². The number of nitrogens with one attached hydrogen (secondary N) is 3. The molecular weight excluding hydrogens is 484 g/mol. The van der Waals surface area contributed by atoms with Gasteiger partial charge in [-0.15, -0.1) is 0 Å². The lowest BCUT2D eigenvalue weighted by atomic mass is 10.1. The molecule has 0 unspecified atom stereocenters. The quantitative estimate of drug-likeness (QED) is 0.209. The fourth-order valence-electron chi connectivity index (χ4n) is 3.73. The van der Waals surface area contributed by atoms with Crippen LogP contribution in [-0.2, 0) is 16.0 Å². The van der Waals surface area contributed by atoms with Crippen LogP contribution in [0.3, 0.4) is 0 Å². The molecule has 1 aliphatic heterocycles. The number of benzene rings is 1. The first kappa shape index (κ1) is 27.0. The summed E-state index contributed by atoms with van der Waals surface area (Å²) < 4.78 is 16.9. The van der Waals surface area contributed by atoms with Crippen LogP contribution in [0.2, 0.25) is 0 Å². The molecule has 3 aromatic rings. The summed E-state index contributed by atoms with van der Waals surface area (Å²) in [7, 11) is 0. The average Bonchev–Trinajstić information content (AvgIpc) is 3.59. The number of aliphatic imine (C=N–C) groups is 1. The largest absolute Gasteiger partial charge is 0.476 e. The summed E-state index contributed by atoms with van der Waals surface area (Å²) in [5.41, 5.74) is 9.01. The number of nitrogens with two attached hydrogens (primary N) is 1. The number of hydrogen-bond acceptors (Lipinski definition) is 10. The van der Waals surface area contributed by atoms with Gasteiger partial charge < -0.3 is 30.4 Å². The minimum Gasteiger partial charge on any atom is -0.476 e. The zero-order valence-electron chi connectivity index (χ0n) is 21.9. The molecule has 38 heavy (non-hydrogen) atoms. The van der Waals surface area contributed by atoms with Crippen LogP contribution in [0.5, 0.6) is 0 Å². The smallest absolute Gasteiger partial charge is 0.218 e. The Balaban J connectivity index is 1.38. The number of nitrogens with zero attached hydrogens (tertiary/aromatic N) is 4. The molecule has 1 aromatic carbocycles. The molecule has 4 rings (SSSR count). The maximum atomic E-state index is 6.24. The molecule has 0 aliphatic carbocycles. The molecule has 1 saturated heterocycles. The molecule has 1 fully saturated rings. The monoisotopic (exact) mass is 520 g/mol. The SMILES string of the molecule is C=C(/N=C(\C=C(/N)Nc1cc(C(C)C)[nH]n1)OCCN1CCOCC1)NCc1cc(-c2ccccc2)no1. The van der Waals surface area contributed by atoms with Crippen molar-refractivity contribution in [3.8, 4) is 11.3 Å². The van der Waals surface area contributed by atoms with Gasteiger partial charge in [-0.1, -0.05) is 55.9 Å². The number of hydrogen-bond donors (Lipinski definition) is 4. The number of morpholine rings is 1. The second-order valence-corrected chi connectivity index (χ2v) is 9.19. The van der Waals surface area contributed by atoms with Gasteiger partial charge in [0.2, 0.25) is 5.90 Å². The van der Waals surface area contributed by atoms with Gasteiger partial charge in [-0.25, -0.2) is 0 Å². The van der Waals surface area contributed by atoms with Gasteiger partial charge >= 0.3 is 0 Å². The molecule has 2 aromatic heterocycles. The number of aromatic amines is 1. The normalized spacial score (nSPS) is 15.0. The summed E-state index contributed by atoms with van der Waals surface area (Å²) in [4.78, 5) is 6.80. The van der Waals surface area contributed by atoms with E-state index in [0.29, 0.717) is 48.2 Å². The molecule has 0 bridgehead atoms. The maximum Gasteiger partial charge on any atom is 0.218 e. The zero-order chi connectivity index (χ0) is 26.7. The fourth-order valence-corrected chi connectivity index (χ4v) is 3.73. The van der Waals surface area contributed by atoms with Crippen LogP contribution >= 0.6 is 0 Å². The highest BCUT2D eigenvalue weighted by Gasteiger charge is 2.12. The average molecular weight is 521 g/mol. The van der Waals surface area contributed by atoms with Crippen molar-refractivity contribution in [3.05, 3.63) is 78.2 Å². The summed E-state index contributed by atoms with van der Waals surface area (Å²) in [6.45, 7) is 13.0. The number of anilines is 1. The molecule has 5 N–H and O–H groups in total. The first-order valence-corrected chi connectivity index (χ1v) is 12.7. The molecule has 1 aliphatic rings. The Labute approximate surface area is 222 Å². The number of rotatable bonds is 12. The minimum atomic E-state index is 0.322. The Kier molecular flexibility index (Phi) is 9.54. The maximum absolute atomic E-state index is 6.24. The van der Waals surface area contributed by atoms with E-state index in [9.17, 15) is 0 Å². The van der Waals surface area contributed by atoms with E-state index in [2.05, 4.69) is 56.3 Å². The van der Waals surface area contributed by atoms with Crippen LogP contribution in [0.1, 0.15) is 31.2 Å². The molecule has 0 saturated carbocycles. The van der Waals surface area contributed by atoms with Gasteiger partial charge in [0.15, 0.2) is 11.6 Å².